The molecule has 4 heterocycles. The van der Waals surface area contributed by atoms with Gasteiger partial charge < -0.3 is 13.9 Å². The van der Waals surface area contributed by atoms with Crippen LogP contribution >= 0.6 is 11.3 Å². The summed E-state index contributed by atoms with van der Waals surface area (Å²) in [5, 5.41) is 12.0. The first-order chi connectivity index (χ1) is 13.6. The normalized spacial score (nSPS) is 19.8. The van der Waals surface area contributed by atoms with Crippen molar-refractivity contribution in [3.05, 3.63) is 40.9 Å². The molecule has 8 nitrogen and oxygen atoms in total. The zero-order chi connectivity index (χ0) is 19.1. The SMILES string of the molecule is O=S(=O)(c1ccc2c(c1)OCCO2)N1CCC[C@@H]1c1nnc(-c2ccsc2)o1. The molecule has 0 amide bonds. The quantitative estimate of drug-likeness (QED) is 0.641. The van der Waals surface area contributed by atoms with E-state index in [0.29, 0.717) is 49.5 Å². The molecule has 0 spiro atoms. The lowest BCUT2D eigenvalue weighted by Gasteiger charge is -2.23. The maximum atomic E-state index is 13.3. The molecule has 1 atom stereocenters. The Morgan fingerprint density at radius 1 is 1.11 bits per heavy atom. The molecule has 2 aliphatic rings. The smallest absolute Gasteiger partial charge is 0.248 e. The summed E-state index contributed by atoms with van der Waals surface area (Å²) in [7, 11) is -3.74. The molecule has 28 heavy (non-hydrogen) atoms. The fraction of sp³-hybridized carbons (Fsp3) is 0.333. The van der Waals surface area contributed by atoms with Crippen molar-refractivity contribution in [2.45, 2.75) is 23.8 Å². The van der Waals surface area contributed by atoms with Gasteiger partial charge in [-0.2, -0.15) is 15.6 Å². The number of benzene rings is 1. The maximum Gasteiger partial charge on any atom is 0.248 e. The third kappa shape index (κ3) is 2.97. The second kappa shape index (κ2) is 6.87. The van der Waals surface area contributed by atoms with E-state index in [9.17, 15) is 8.42 Å². The summed E-state index contributed by atoms with van der Waals surface area (Å²) in [6.07, 6.45) is 1.36. The number of sulfonamides is 1. The van der Waals surface area contributed by atoms with Crippen LogP contribution in [0.5, 0.6) is 11.5 Å². The number of hydrogen-bond donors (Lipinski definition) is 0. The minimum Gasteiger partial charge on any atom is -0.486 e. The fourth-order valence-electron chi connectivity index (χ4n) is 3.47. The Balaban J connectivity index is 1.46. The number of ether oxygens (including phenoxy) is 2. The highest BCUT2D eigenvalue weighted by Crippen LogP contribution is 2.39. The molecule has 0 bridgehead atoms. The Hall–Kier alpha value is -2.43. The van der Waals surface area contributed by atoms with E-state index in [1.165, 1.54) is 21.7 Å². The van der Waals surface area contributed by atoms with Crippen molar-refractivity contribution in [3.8, 4) is 23.0 Å². The lowest BCUT2D eigenvalue weighted by atomic mass is 10.2. The summed E-state index contributed by atoms with van der Waals surface area (Å²) in [5.74, 6) is 1.72. The van der Waals surface area contributed by atoms with Crippen LogP contribution in [0.4, 0.5) is 0 Å². The molecule has 0 aliphatic carbocycles. The molecule has 3 aromatic rings. The number of fused-ring (bicyclic) bond motifs is 1. The third-order valence-corrected chi connectivity index (χ3v) is 7.41. The van der Waals surface area contributed by atoms with Gasteiger partial charge in [-0.15, -0.1) is 10.2 Å². The van der Waals surface area contributed by atoms with Crippen molar-refractivity contribution in [2.24, 2.45) is 0 Å². The van der Waals surface area contributed by atoms with Gasteiger partial charge in [0, 0.05) is 23.6 Å². The zero-order valence-electron chi connectivity index (χ0n) is 14.8. The Morgan fingerprint density at radius 2 is 1.96 bits per heavy atom. The topological polar surface area (TPSA) is 94.8 Å². The number of rotatable bonds is 4. The lowest BCUT2D eigenvalue weighted by Crippen LogP contribution is -2.31. The van der Waals surface area contributed by atoms with Crippen molar-refractivity contribution in [1.29, 1.82) is 0 Å². The van der Waals surface area contributed by atoms with Gasteiger partial charge in [0.2, 0.25) is 21.8 Å². The average Bonchev–Trinajstić information content (AvgIpc) is 3.48. The standard InChI is InChI=1S/C18H17N3O5S2/c22-28(23,13-3-4-15-16(10-13)25-8-7-24-15)21-6-1-2-14(21)18-20-19-17(26-18)12-5-9-27-11-12/h3-5,9-11,14H,1-2,6-8H2/t14-/m1/s1. The summed E-state index contributed by atoms with van der Waals surface area (Å²) in [4.78, 5) is 0.168. The Labute approximate surface area is 165 Å². The molecule has 0 radical (unpaired) electrons. The van der Waals surface area contributed by atoms with E-state index in [2.05, 4.69) is 10.2 Å². The predicted octanol–water partition coefficient (Wildman–Crippen LogP) is 3.10. The first-order valence-corrected chi connectivity index (χ1v) is 11.3. The van der Waals surface area contributed by atoms with E-state index in [1.807, 2.05) is 16.8 Å². The highest BCUT2D eigenvalue weighted by Gasteiger charge is 2.39. The van der Waals surface area contributed by atoms with Crippen molar-refractivity contribution in [1.82, 2.24) is 14.5 Å². The average molecular weight is 419 g/mol. The molecule has 146 valence electrons. The molecule has 1 aromatic carbocycles. The van der Waals surface area contributed by atoms with Crippen LogP contribution in [0.1, 0.15) is 24.8 Å². The van der Waals surface area contributed by atoms with E-state index in [4.69, 9.17) is 13.9 Å². The molecule has 2 aliphatic heterocycles. The van der Waals surface area contributed by atoms with Gasteiger partial charge in [0.05, 0.1) is 4.90 Å². The van der Waals surface area contributed by atoms with Gasteiger partial charge in [-0.25, -0.2) is 8.42 Å². The molecular formula is C18H17N3O5S2. The number of thiophene rings is 1. The van der Waals surface area contributed by atoms with Crippen molar-refractivity contribution < 1.29 is 22.3 Å². The zero-order valence-corrected chi connectivity index (χ0v) is 16.4. The van der Waals surface area contributed by atoms with Crippen LogP contribution in [0.25, 0.3) is 11.5 Å². The highest BCUT2D eigenvalue weighted by molar-refractivity contribution is 7.89. The van der Waals surface area contributed by atoms with Crippen LogP contribution in [0.3, 0.4) is 0 Å². The van der Waals surface area contributed by atoms with Crippen molar-refractivity contribution in [3.63, 3.8) is 0 Å². The Morgan fingerprint density at radius 3 is 2.79 bits per heavy atom. The number of hydrogen-bond acceptors (Lipinski definition) is 8. The van der Waals surface area contributed by atoms with Crippen LogP contribution in [0, 0.1) is 0 Å². The Bertz CT molecular complexity index is 1090. The molecule has 10 heteroatoms. The molecular weight excluding hydrogens is 402 g/mol. The second-order valence-electron chi connectivity index (χ2n) is 6.54. The van der Waals surface area contributed by atoms with Gasteiger partial charge >= 0.3 is 0 Å². The molecule has 1 saturated heterocycles. The predicted molar refractivity (Wildman–Crippen MR) is 101 cm³/mol. The van der Waals surface area contributed by atoms with E-state index < -0.39 is 16.1 Å². The van der Waals surface area contributed by atoms with Crippen molar-refractivity contribution in [2.75, 3.05) is 19.8 Å². The number of nitrogens with zero attached hydrogens (tertiary/aromatic N) is 3. The van der Waals surface area contributed by atoms with E-state index in [1.54, 1.807) is 12.1 Å². The fourth-order valence-corrected chi connectivity index (χ4v) is 5.76. The number of aromatic nitrogens is 2. The summed E-state index contributed by atoms with van der Waals surface area (Å²) < 4.78 is 44.8. The molecule has 5 rings (SSSR count). The minimum absolute atomic E-state index is 0.168. The van der Waals surface area contributed by atoms with Crippen LogP contribution < -0.4 is 9.47 Å². The molecule has 0 saturated carbocycles. The molecule has 1 fully saturated rings. The largest absolute Gasteiger partial charge is 0.486 e. The third-order valence-electron chi connectivity index (χ3n) is 4.82. The minimum atomic E-state index is -3.74. The maximum absolute atomic E-state index is 13.3. The summed E-state index contributed by atoms with van der Waals surface area (Å²) in [6, 6.07) is 6.11. The second-order valence-corrected chi connectivity index (χ2v) is 9.21. The highest BCUT2D eigenvalue weighted by atomic mass is 32.2. The van der Waals surface area contributed by atoms with Crippen molar-refractivity contribution >= 4 is 21.4 Å². The molecule has 2 aromatic heterocycles. The first kappa shape index (κ1) is 17.7. The van der Waals surface area contributed by atoms with Gasteiger partial charge in [-0.1, -0.05) is 0 Å². The Kier molecular flexibility index (Phi) is 4.33. The van der Waals surface area contributed by atoms with Gasteiger partial charge in [-0.05, 0) is 36.4 Å². The van der Waals surface area contributed by atoms with E-state index in [-0.39, 0.29) is 4.90 Å². The van der Waals surface area contributed by atoms with Gasteiger partial charge in [0.1, 0.15) is 19.3 Å². The van der Waals surface area contributed by atoms with Crippen LogP contribution in [-0.4, -0.2) is 42.7 Å². The summed E-state index contributed by atoms with van der Waals surface area (Å²) in [5.41, 5.74) is 0.836. The summed E-state index contributed by atoms with van der Waals surface area (Å²) in [6.45, 7) is 1.25. The van der Waals surface area contributed by atoms with Gasteiger partial charge in [-0.3, -0.25) is 0 Å². The van der Waals surface area contributed by atoms with E-state index >= 15 is 0 Å². The van der Waals surface area contributed by atoms with E-state index in [0.717, 1.165) is 12.0 Å². The monoisotopic (exact) mass is 419 g/mol. The summed E-state index contributed by atoms with van der Waals surface area (Å²) >= 11 is 1.53. The van der Waals surface area contributed by atoms with Crippen LogP contribution in [0.2, 0.25) is 0 Å². The lowest BCUT2D eigenvalue weighted by molar-refractivity contribution is 0.171. The van der Waals surface area contributed by atoms with Gasteiger partial charge in [0.25, 0.3) is 0 Å². The van der Waals surface area contributed by atoms with Crippen LogP contribution in [-0.2, 0) is 10.0 Å². The van der Waals surface area contributed by atoms with Gasteiger partial charge in [0.15, 0.2) is 11.5 Å². The molecule has 0 unspecified atom stereocenters. The first-order valence-electron chi connectivity index (χ1n) is 8.90. The van der Waals surface area contributed by atoms with Crippen LogP contribution in [0.15, 0.2) is 44.3 Å². The molecule has 0 N–H and O–H groups in total.